The lowest BCUT2D eigenvalue weighted by Gasteiger charge is -2.11. The largest absolute Gasteiger partial charge is 0.573 e. The van der Waals surface area contributed by atoms with Gasteiger partial charge in [0.1, 0.15) is 5.75 Å². The van der Waals surface area contributed by atoms with E-state index in [1.807, 2.05) is 24.3 Å². The summed E-state index contributed by atoms with van der Waals surface area (Å²) < 4.78 is 42.1. The van der Waals surface area contributed by atoms with Crippen LogP contribution in [-0.2, 0) is 7.05 Å². The topological polar surface area (TPSA) is 39.1 Å². The van der Waals surface area contributed by atoms with Gasteiger partial charge < -0.3 is 10.1 Å². The summed E-state index contributed by atoms with van der Waals surface area (Å²) in [4.78, 5) is 0. The van der Waals surface area contributed by atoms with E-state index in [0.717, 1.165) is 16.9 Å². The van der Waals surface area contributed by atoms with Gasteiger partial charge in [-0.25, -0.2) is 0 Å². The molecule has 0 radical (unpaired) electrons. The summed E-state index contributed by atoms with van der Waals surface area (Å²) in [6.07, 6.45) is -3.14. The fourth-order valence-electron chi connectivity index (χ4n) is 2.39. The highest BCUT2D eigenvalue weighted by Crippen LogP contribution is 2.30. The highest BCUT2D eigenvalue weighted by atomic mass is 35.5. The van der Waals surface area contributed by atoms with Crippen molar-refractivity contribution in [3.05, 3.63) is 59.8 Å². The fraction of sp³-hybridized carbons (Fsp3) is 0.118. The molecule has 0 unspecified atom stereocenters. The van der Waals surface area contributed by atoms with E-state index in [2.05, 4.69) is 15.2 Å². The van der Waals surface area contributed by atoms with Crippen molar-refractivity contribution in [2.45, 2.75) is 6.36 Å². The second kappa shape index (κ2) is 6.68. The lowest BCUT2D eigenvalue weighted by atomic mass is 10.1. The van der Waals surface area contributed by atoms with Gasteiger partial charge in [-0.15, -0.1) is 13.2 Å². The molecule has 1 aromatic heterocycles. The average molecular weight is 368 g/mol. The summed E-state index contributed by atoms with van der Waals surface area (Å²) in [5, 5.41) is 7.76. The third-order valence-corrected chi connectivity index (χ3v) is 3.68. The molecule has 4 nitrogen and oxygen atoms in total. The van der Waals surface area contributed by atoms with Crippen molar-refractivity contribution in [1.82, 2.24) is 9.78 Å². The smallest absolute Gasteiger partial charge is 0.406 e. The van der Waals surface area contributed by atoms with Crippen LogP contribution in [0.3, 0.4) is 0 Å². The van der Waals surface area contributed by atoms with Gasteiger partial charge in [0.2, 0.25) is 0 Å². The number of aryl methyl sites for hydroxylation is 1. The van der Waals surface area contributed by atoms with Crippen molar-refractivity contribution in [2.75, 3.05) is 5.32 Å². The predicted molar refractivity (Wildman–Crippen MR) is 90.1 cm³/mol. The monoisotopic (exact) mass is 367 g/mol. The van der Waals surface area contributed by atoms with Crippen LogP contribution in [0.15, 0.2) is 54.7 Å². The van der Waals surface area contributed by atoms with Crippen molar-refractivity contribution in [3.63, 3.8) is 0 Å². The normalized spacial score (nSPS) is 11.4. The SMILES string of the molecule is Cn1ncc(Cl)c1-c1cccc(Nc2ccc(OC(F)(F)F)cc2)c1. The maximum absolute atomic E-state index is 12.2. The lowest BCUT2D eigenvalue weighted by Crippen LogP contribution is -2.16. The minimum Gasteiger partial charge on any atom is -0.406 e. The molecule has 0 bridgehead atoms. The fourth-order valence-corrected chi connectivity index (χ4v) is 2.66. The number of ether oxygens (including phenoxy) is 1. The Bertz CT molecular complexity index is 856. The van der Waals surface area contributed by atoms with Crippen LogP contribution in [0.2, 0.25) is 5.02 Å². The van der Waals surface area contributed by atoms with Crippen LogP contribution in [-0.4, -0.2) is 16.1 Å². The van der Waals surface area contributed by atoms with Gasteiger partial charge in [0.25, 0.3) is 0 Å². The molecule has 3 aromatic rings. The number of nitrogens with zero attached hydrogens (tertiary/aromatic N) is 2. The van der Waals surface area contributed by atoms with E-state index in [1.54, 1.807) is 17.9 Å². The molecular formula is C17H13ClF3N3O. The third-order valence-electron chi connectivity index (χ3n) is 3.41. The van der Waals surface area contributed by atoms with E-state index in [4.69, 9.17) is 11.6 Å². The third kappa shape index (κ3) is 4.24. The minimum absolute atomic E-state index is 0.270. The zero-order valence-corrected chi connectivity index (χ0v) is 13.8. The molecule has 0 saturated heterocycles. The zero-order chi connectivity index (χ0) is 18.0. The van der Waals surface area contributed by atoms with Gasteiger partial charge >= 0.3 is 6.36 Å². The number of alkyl halides is 3. The van der Waals surface area contributed by atoms with E-state index in [-0.39, 0.29) is 5.75 Å². The van der Waals surface area contributed by atoms with Gasteiger partial charge in [-0.3, -0.25) is 4.68 Å². The summed E-state index contributed by atoms with van der Waals surface area (Å²) in [5.74, 6) is -0.270. The van der Waals surface area contributed by atoms with Crippen LogP contribution >= 0.6 is 11.6 Å². The zero-order valence-electron chi connectivity index (χ0n) is 13.0. The van der Waals surface area contributed by atoms with E-state index in [9.17, 15) is 13.2 Å². The Labute approximate surface area is 146 Å². The van der Waals surface area contributed by atoms with Gasteiger partial charge in [-0.05, 0) is 36.4 Å². The average Bonchev–Trinajstić information content (AvgIpc) is 2.87. The van der Waals surface area contributed by atoms with Gasteiger partial charge in [-0.1, -0.05) is 23.7 Å². The molecule has 0 atom stereocenters. The van der Waals surface area contributed by atoms with E-state index >= 15 is 0 Å². The number of hydrogen-bond acceptors (Lipinski definition) is 3. The Morgan fingerprint density at radius 1 is 1.08 bits per heavy atom. The quantitative estimate of drug-likeness (QED) is 0.672. The van der Waals surface area contributed by atoms with Gasteiger partial charge in [0, 0.05) is 24.0 Å². The molecule has 0 spiro atoms. The van der Waals surface area contributed by atoms with Crippen LogP contribution in [0.25, 0.3) is 11.3 Å². The molecule has 1 N–H and O–H groups in total. The Morgan fingerprint density at radius 3 is 2.40 bits per heavy atom. The molecule has 8 heteroatoms. The number of anilines is 2. The van der Waals surface area contributed by atoms with Crippen LogP contribution in [0.4, 0.5) is 24.5 Å². The molecule has 2 aromatic carbocycles. The van der Waals surface area contributed by atoms with E-state index < -0.39 is 6.36 Å². The molecule has 0 amide bonds. The first kappa shape index (κ1) is 17.2. The van der Waals surface area contributed by atoms with Crippen LogP contribution in [0, 0.1) is 0 Å². The molecule has 130 valence electrons. The Hall–Kier alpha value is -2.67. The summed E-state index contributed by atoms with van der Waals surface area (Å²) in [6.45, 7) is 0. The van der Waals surface area contributed by atoms with Crippen molar-refractivity contribution < 1.29 is 17.9 Å². The molecule has 0 aliphatic rings. The number of rotatable bonds is 4. The summed E-state index contributed by atoms with van der Waals surface area (Å²) in [5.41, 5.74) is 3.04. The lowest BCUT2D eigenvalue weighted by molar-refractivity contribution is -0.274. The first-order valence-corrected chi connectivity index (χ1v) is 7.60. The predicted octanol–water partition coefficient (Wildman–Crippen LogP) is 5.38. The summed E-state index contributed by atoms with van der Waals surface area (Å²) >= 11 is 6.15. The first-order valence-electron chi connectivity index (χ1n) is 7.22. The van der Waals surface area contributed by atoms with Crippen molar-refractivity contribution in [1.29, 1.82) is 0 Å². The molecule has 1 heterocycles. The maximum Gasteiger partial charge on any atom is 0.573 e. The number of aromatic nitrogens is 2. The highest BCUT2D eigenvalue weighted by molar-refractivity contribution is 6.33. The molecule has 3 rings (SSSR count). The molecule has 0 fully saturated rings. The number of nitrogens with one attached hydrogen (secondary N) is 1. The summed E-state index contributed by atoms with van der Waals surface area (Å²) in [7, 11) is 1.79. The van der Waals surface area contributed by atoms with E-state index in [0.29, 0.717) is 10.7 Å². The van der Waals surface area contributed by atoms with Gasteiger partial charge in [0.05, 0.1) is 16.9 Å². The highest BCUT2D eigenvalue weighted by Gasteiger charge is 2.30. The second-order valence-corrected chi connectivity index (χ2v) is 5.65. The van der Waals surface area contributed by atoms with Gasteiger partial charge in [-0.2, -0.15) is 5.10 Å². The molecule has 0 saturated carbocycles. The molecule has 25 heavy (non-hydrogen) atoms. The summed E-state index contributed by atoms with van der Waals surface area (Å²) in [6, 6.07) is 13.0. The van der Waals surface area contributed by atoms with Crippen molar-refractivity contribution >= 4 is 23.0 Å². The van der Waals surface area contributed by atoms with Crippen LogP contribution in [0.5, 0.6) is 5.75 Å². The van der Waals surface area contributed by atoms with Crippen LogP contribution in [0.1, 0.15) is 0 Å². The number of halogens is 4. The maximum atomic E-state index is 12.2. The Kier molecular flexibility index (Phi) is 4.59. The number of hydrogen-bond donors (Lipinski definition) is 1. The Morgan fingerprint density at radius 2 is 1.80 bits per heavy atom. The molecule has 0 aliphatic carbocycles. The standard InChI is InChI=1S/C17H13ClF3N3O/c1-24-16(15(18)10-22-24)11-3-2-4-13(9-11)23-12-5-7-14(8-6-12)25-17(19,20)21/h2-10,23H,1H3. The first-order chi connectivity index (χ1) is 11.8. The van der Waals surface area contributed by atoms with Crippen molar-refractivity contribution in [3.8, 4) is 17.0 Å². The minimum atomic E-state index is -4.70. The van der Waals surface area contributed by atoms with Gasteiger partial charge in [0.15, 0.2) is 0 Å². The Balaban J connectivity index is 1.79. The molecular weight excluding hydrogens is 355 g/mol. The molecule has 0 aliphatic heterocycles. The van der Waals surface area contributed by atoms with E-state index in [1.165, 1.54) is 24.3 Å². The van der Waals surface area contributed by atoms with Crippen LogP contribution < -0.4 is 10.1 Å². The number of benzene rings is 2. The van der Waals surface area contributed by atoms with Crippen molar-refractivity contribution in [2.24, 2.45) is 7.05 Å². The second-order valence-electron chi connectivity index (χ2n) is 5.24.